The lowest BCUT2D eigenvalue weighted by atomic mass is 10.0. The Kier molecular flexibility index (Phi) is 6.49. The van der Waals surface area contributed by atoms with Crippen molar-refractivity contribution in [3.63, 3.8) is 0 Å². The highest BCUT2D eigenvalue weighted by atomic mass is 16.5. The molecule has 7 heteroatoms. The summed E-state index contributed by atoms with van der Waals surface area (Å²) in [6, 6.07) is 13.9. The second kappa shape index (κ2) is 9.23. The van der Waals surface area contributed by atoms with Crippen LogP contribution in [0.25, 0.3) is 11.0 Å². The van der Waals surface area contributed by atoms with Gasteiger partial charge in [0, 0.05) is 18.5 Å². The van der Waals surface area contributed by atoms with Gasteiger partial charge in [-0.1, -0.05) is 26.0 Å². The van der Waals surface area contributed by atoms with Gasteiger partial charge in [-0.05, 0) is 42.3 Å². The predicted octanol–water partition coefficient (Wildman–Crippen LogP) is 2.68. The van der Waals surface area contributed by atoms with Crippen molar-refractivity contribution in [1.29, 1.82) is 0 Å². The number of benzene rings is 2. The first-order chi connectivity index (χ1) is 14.0. The third-order valence-electron chi connectivity index (χ3n) is 4.69. The fraction of sp³-hybridized carbons (Fsp3) is 0.318. The molecule has 0 aliphatic heterocycles. The Morgan fingerprint density at radius 2 is 1.83 bits per heavy atom. The number of hydrogen-bond acceptors (Lipinski definition) is 4. The molecule has 0 saturated carbocycles. The van der Waals surface area contributed by atoms with Crippen LogP contribution in [-0.4, -0.2) is 41.5 Å². The number of carbonyl (C=O) groups excluding carboxylic acids is 2. The lowest BCUT2D eigenvalue weighted by Crippen LogP contribution is -2.50. The van der Waals surface area contributed by atoms with E-state index in [-0.39, 0.29) is 17.7 Å². The van der Waals surface area contributed by atoms with E-state index in [0.717, 1.165) is 16.9 Å². The average Bonchev–Trinajstić information content (AvgIpc) is 3.14. The molecular weight excluding hydrogens is 368 g/mol. The molecule has 1 unspecified atom stereocenters. The van der Waals surface area contributed by atoms with Gasteiger partial charge in [0.05, 0.1) is 18.1 Å². The second-order valence-electron chi connectivity index (χ2n) is 7.17. The van der Waals surface area contributed by atoms with E-state index in [9.17, 15) is 9.59 Å². The molecule has 3 N–H and O–H groups in total. The zero-order valence-corrected chi connectivity index (χ0v) is 16.9. The minimum absolute atomic E-state index is 0.0524. The fourth-order valence-corrected chi connectivity index (χ4v) is 3.04. The molecule has 7 nitrogen and oxygen atoms in total. The maximum Gasteiger partial charge on any atom is 0.251 e. The van der Waals surface area contributed by atoms with Gasteiger partial charge in [-0.25, -0.2) is 4.98 Å². The maximum absolute atomic E-state index is 12.6. The molecule has 2 aromatic carbocycles. The third-order valence-corrected chi connectivity index (χ3v) is 4.69. The Bertz CT molecular complexity index is 946. The van der Waals surface area contributed by atoms with Crippen LogP contribution in [0.2, 0.25) is 0 Å². The van der Waals surface area contributed by atoms with Gasteiger partial charge >= 0.3 is 0 Å². The van der Waals surface area contributed by atoms with E-state index in [1.807, 2.05) is 38.1 Å². The highest BCUT2D eigenvalue weighted by molar-refractivity contribution is 5.97. The Balaban J connectivity index is 1.56. The molecule has 0 bridgehead atoms. The molecule has 0 aliphatic rings. The van der Waals surface area contributed by atoms with Crippen molar-refractivity contribution in [2.24, 2.45) is 5.92 Å². The summed E-state index contributed by atoms with van der Waals surface area (Å²) in [6.07, 6.45) is 0.581. The summed E-state index contributed by atoms with van der Waals surface area (Å²) in [7, 11) is 1.57. The van der Waals surface area contributed by atoms with Crippen molar-refractivity contribution in [3.8, 4) is 5.75 Å². The highest BCUT2D eigenvalue weighted by Gasteiger charge is 2.24. The number of hydrogen-bond donors (Lipinski definition) is 3. The number of ether oxygens (including phenoxy) is 1. The van der Waals surface area contributed by atoms with Gasteiger partial charge < -0.3 is 20.4 Å². The molecule has 29 heavy (non-hydrogen) atoms. The van der Waals surface area contributed by atoms with Crippen molar-refractivity contribution < 1.29 is 14.3 Å². The maximum atomic E-state index is 12.6. The zero-order chi connectivity index (χ0) is 20.8. The topological polar surface area (TPSA) is 96.1 Å². The minimum atomic E-state index is -0.625. The predicted molar refractivity (Wildman–Crippen MR) is 112 cm³/mol. The quantitative estimate of drug-likeness (QED) is 0.547. The SMILES string of the molecule is COc1ccc(C(=O)NC(C(=O)NCCc2nc3ccccc3[nH]2)C(C)C)cc1. The van der Waals surface area contributed by atoms with E-state index < -0.39 is 6.04 Å². The number of aromatic nitrogens is 2. The Hall–Kier alpha value is -3.35. The fourth-order valence-electron chi connectivity index (χ4n) is 3.04. The molecule has 0 aliphatic carbocycles. The molecule has 2 amide bonds. The van der Waals surface area contributed by atoms with Crippen LogP contribution in [0.1, 0.15) is 30.0 Å². The first-order valence-electron chi connectivity index (χ1n) is 9.64. The van der Waals surface area contributed by atoms with Crippen molar-refractivity contribution in [2.45, 2.75) is 26.3 Å². The normalized spacial score (nSPS) is 12.0. The summed E-state index contributed by atoms with van der Waals surface area (Å²) in [5, 5.41) is 5.72. The number of aromatic amines is 1. The smallest absolute Gasteiger partial charge is 0.251 e. The summed E-state index contributed by atoms with van der Waals surface area (Å²) in [5.74, 6) is 0.931. The van der Waals surface area contributed by atoms with Crippen molar-refractivity contribution in [3.05, 3.63) is 59.9 Å². The largest absolute Gasteiger partial charge is 0.497 e. The average molecular weight is 394 g/mol. The number of rotatable bonds is 8. The molecule has 3 rings (SSSR count). The van der Waals surface area contributed by atoms with Crippen LogP contribution in [-0.2, 0) is 11.2 Å². The number of fused-ring (bicyclic) bond motifs is 1. The van der Waals surface area contributed by atoms with E-state index in [1.54, 1.807) is 31.4 Å². The lowest BCUT2D eigenvalue weighted by Gasteiger charge is -2.21. The number of methoxy groups -OCH3 is 1. The number of nitrogens with zero attached hydrogens (tertiary/aromatic N) is 1. The van der Waals surface area contributed by atoms with Crippen LogP contribution in [0.4, 0.5) is 0 Å². The van der Waals surface area contributed by atoms with Gasteiger partial charge in [0.1, 0.15) is 17.6 Å². The van der Waals surface area contributed by atoms with Crippen LogP contribution in [0.3, 0.4) is 0 Å². The Labute approximate surface area is 169 Å². The molecule has 0 radical (unpaired) electrons. The van der Waals surface area contributed by atoms with Gasteiger partial charge in [0.15, 0.2) is 0 Å². The van der Waals surface area contributed by atoms with Crippen LogP contribution >= 0.6 is 0 Å². The number of imidazole rings is 1. The monoisotopic (exact) mass is 394 g/mol. The van der Waals surface area contributed by atoms with E-state index in [4.69, 9.17) is 4.74 Å². The third kappa shape index (κ3) is 5.13. The van der Waals surface area contributed by atoms with E-state index in [1.165, 1.54) is 0 Å². The summed E-state index contributed by atoms with van der Waals surface area (Å²) in [5.41, 5.74) is 2.35. The number of amides is 2. The zero-order valence-electron chi connectivity index (χ0n) is 16.9. The van der Waals surface area contributed by atoms with E-state index in [0.29, 0.717) is 24.3 Å². The number of carbonyl (C=O) groups is 2. The van der Waals surface area contributed by atoms with E-state index >= 15 is 0 Å². The summed E-state index contributed by atoms with van der Waals surface area (Å²) >= 11 is 0. The van der Waals surface area contributed by atoms with Crippen molar-refractivity contribution >= 4 is 22.8 Å². The summed E-state index contributed by atoms with van der Waals surface area (Å²) in [6.45, 7) is 4.23. The van der Waals surface area contributed by atoms with Gasteiger partial charge in [-0.15, -0.1) is 0 Å². The Morgan fingerprint density at radius 3 is 2.48 bits per heavy atom. The minimum Gasteiger partial charge on any atom is -0.497 e. The number of nitrogens with one attached hydrogen (secondary N) is 3. The van der Waals surface area contributed by atoms with Gasteiger partial charge in [0.25, 0.3) is 5.91 Å². The summed E-state index contributed by atoms with van der Waals surface area (Å²) in [4.78, 5) is 32.9. The lowest BCUT2D eigenvalue weighted by molar-refractivity contribution is -0.123. The molecule has 0 saturated heterocycles. The first-order valence-corrected chi connectivity index (χ1v) is 9.64. The van der Waals surface area contributed by atoms with Gasteiger partial charge in [-0.3, -0.25) is 9.59 Å². The molecule has 3 aromatic rings. The van der Waals surface area contributed by atoms with Crippen molar-refractivity contribution in [2.75, 3.05) is 13.7 Å². The van der Waals surface area contributed by atoms with Crippen molar-refractivity contribution in [1.82, 2.24) is 20.6 Å². The van der Waals surface area contributed by atoms with E-state index in [2.05, 4.69) is 20.6 Å². The van der Waals surface area contributed by atoms with Gasteiger partial charge in [0.2, 0.25) is 5.91 Å². The molecule has 1 aromatic heterocycles. The number of para-hydroxylation sites is 2. The second-order valence-corrected chi connectivity index (χ2v) is 7.17. The van der Waals surface area contributed by atoms with Gasteiger partial charge in [-0.2, -0.15) is 0 Å². The number of H-pyrrole nitrogens is 1. The van der Waals surface area contributed by atoms with Crippen LogP contribution in [0.5, 0.6) is 5.75 Å². The molecule has 1 atom stereocenters. The van der Waals surface area contributed by atoms with Crippen LogP contribution in [0, 0.1) is 5.92 Å². The van der Waals surface area contributed by atoms with Crippen LogP contribution < -0.4 is 15.4 Å². The molecule has 0 spiro atoms. The Morgan fingerprint density at radius 1 is 1.10 bits per heavy atom. The standard InChI is InChI=1S/C22H26N4O3/c1-14(2)20(26-21(27)15-8-10-16(29-3)11-9-15)22(28)23-13-12-19-24-17-6-4-5-7-18(17)25-19/h4-11,14,20H,12-13H2,1-3H3,(H,23,28)(H,24,25)(H,26,27). The molecule has 152 valence electrons. The molecule has 0 fully saturated rings. The van der Waals surface area contributed by atoms with Crippen LogP contribution in [0.15, 0.2) is 48.5 Å². The molecular formula is C22H26N4O3. The first kappa shape index (κ1) is 20.4. The summed E-state index contributed by atoms with van der Waals surface area (Å²) < 4.78 is 5.10. The molecule has 1 heterocycles. The highest BCUT2D eigenvalue weighted by Crippen LogP contribution is 2.13.